The molecule has 2 rings (SSSR count). The van der Waals surface area contributed by atoms with E-state index in [1.54, 1.807) is 4.68 Å². The molecule has 0 atom stereocenters. The van der Waals surface area contributed by atoms with Crippen LogP contribution in [0.25, 0.3) is 0 Å². The van der Waals surface area contributed by atoms with Gasteiger partial charge >= 0.3 is 0 Å². The van der Waals surface area contributed by atoms with Crippen molar-refractivity contribution in [1.29, 1.82) is 0 Å². The molecule has 1 aromatic heterocycles. The van der Waals surface area contributed by atoms with Crippen LogP contribution < -0.4 is 11.1 Å². The number of nitrogens with one attached hydrogen (secondary N) is 1. The van der Waals surface area contributed by atoms with Gasteiger partial charge in [0.15, 0.2) is 5.82 Å². The number of aryl methyl sites for hydroxylation is 2. The summed E-state index contributed by atoms with van der Waals surface area (Å²) in [5.74, 6) is 0.742. The number of benzene rings is 1. The number of halogens is 2. The average molecular weight is 316 g/mol. The van der Waals surface area contributed by atoms with Gasteiger partial charge in [-0.15, -0.1) is 0 Å². The van der Waals surface area contributed by atoms with E-state index in [-0.39, 0.29) is 0 Å². The van der Waals surface area contributed by atoms with Crippen LogP contribution in [0.5, 0.6) is 0 Å². The highest BCUT2D eigenvalue weighted by molar-refractivity contribution is 9.10. The van der Waals surface area contributed by atoms with Crippen molar-refractivity contribution in [2.24, 2.45) is 7.05 Å². The Balaban J connectivity index is 2.38. The first kappa shape index (κ1) is 12.3. The number of hydrogen-bond donors (Lipinski definition) is 2. The van der Waals surface area contributed by atoms with Crippen LogP contribution in [0.2, 0.25) is 5.02 Å². The first-order valence-corrected chi connectivity index (χ1v) is 6.17. The molecule has 0 saturated heterocycles. The van der Waals surface area contributed by atoms with E-state index < -0.39 is 0 Å². The van der Waals surface area contributed by atoms with Gasteiger partial charge in [-0.3, -0.25) is 4.68 Å². The summed E-state index contributed by atoms with van der Waals surface area (Å²) in [6, 6.07) is 5.62. The molecule has 0 fully saturated rings. The molecule has 0 amide bonds. The average Bonchev–Trinajstić information content (AvgIpc) is 2.48. The molecule has 0 saturated carbocycles. The summed E-state index contributed by atoms with van der Waals surface area (Å²) >= 11 is 9.49. The molecule has 3 N–H and O–H groups in total. The number of anilines is 3. The van der Waals surface area contributed by atoms with E-state index in [4.69, 9.17) is 17.3 Å². The minimum atomic E-state index is 0.623. The molecule has 90 valence electrons. The molecule has 0 aliphatic heterocycles. The summed E-state index contributed by atoms with van der Waals surface area (Å²) in [4.78, 5) is 0. The number of hydrogen-bond acceptors (Lipinski definition) is 3. The minimum absolute atomic E-state index is 0.623. The summed E-state index contributed by atoms with van der Waals surface area (Å²) < 4.78 is 2.63. The van der Waals surface area contributed by atoms with Crippen LogP contribution in [0.15, 0.2) is 22.7 Å². The maximum absolute atomic E-state index is 6.13. The fourth-order valence-corrected chi connectivity index (χ4v) is 2.26. The molecule has 0 aliphatic carbocycles. The Bertz CT molecular complexity index is 565. The zero-order chi connectivity index (χ0) is 12.6. The van der Waals surface area contributed by atoms with Gasteiger partial charge in [-0.1, -0.05) is 27.5 Å². The predicted molar refractivity (Wildman–Crippen MR) is 74.8 cm³/mol. The Morgan fingerprint density at radius 3 is 2.71 bits per heavy atom. The van der Waals surface area contributed by atoms with Crippen LogP contribution >= 0.6 is 27.5 Å². The van der Waals surface area contributed by atoms with Gasteiger partial charge < -0.3 is 11.1 Å². The van der Waals surface area contributed by atoms with Gasteiger partial charge in [-0.2, -0.15) is 5.10 Å². The highest BCUT2D eigenvalue weighted by Crippen LogP contribution is 2.31. The molecular formula is C11H12BrClN4. The van der Waals surface area contributed by atoms with E-state index >= 15 is 0 Å². The fourth-order valence-electron chi connectivity index (χ4n) is 1.54. The molecular weight excluding hydrogens is 304 g/mol. The Morgan fingerprint density at radius 2 is 2.18 bits per heavy atom. The topological polar surface area (TPSA) is 55.9 Å². The van der Waals surface area contributed by atoms with Crippen molar-refractivity contribution in [2.45, 2.75) is 6.92 Å². The lowest BCUT2D eigenvalue weighted by atomic mass is 10.3. The standard InChI is InChI=1S/C11H12BrClN4/c1-6-10(14)11(17(2)16-6)15-9-4-3-7(12)5-8(9)13/h3-5,15H,14H2,1-2H3. The number of nitrogens with two attached hydrogens (primary N) is 1. The SMILES string of the molecule is Cc1nn(C)c(Nc2ccc(Br)cc2Cl)c1N. The smallest absolute Gasteiger partial charge is 0.152 e. The highest BCUT2D eigenvalue weighted by atomic mass is 79.9. The van der Waals surface area contributed by atoms with E-state index in [0.29, 0.717) is 10.7 Å². The van der Waals surface area contributed by atoms with Gasteiger partial charge in [-0.05, 0) is 25.1 Å². The van der Waals surface area contributed by atoms with Gasteiger partial charge in [0.1, 0.15) is 0 Å². The summed E-state index contributed by atoms with van der Waals surface area (Å²) in [6.07, 6.45) is 0. The second-order valence-corrected chi connectivity index (χ2v) is 5.04. The van der Waals surface area contributed by atoms with Crippen LogP contribution in [-0.2, 0) is 7.05 Å². The van der Waals surface area contributed by atoms with Gasteiger partial charge in [0, 0.05) is 11.5 Å². The Labute approximate surface area is 113 Å². The normalized spacial score (nSPS) is 10.6. The monoisotopic (exact) mass is 314 g/mol. The summed E-state index contributed by atoms with van der Waals surface area (Å²) in [5.41, 5.74) is 8.15. The summed E-state index contributed by atoms with van der Waals surface area (Å²) in [7, 11) is 1.83. The van der Waals surface area contributed by atoms with Gasteiger partial charge in [-0.25, -0.2) is 0 Å². The number of rotatable bonds is 2. The van der Waals surface area contributed by atoms with Crippen LogP contribution in [-0.4, -0.2) is 9.78 Å². The van der Waals surface area contributed by atoms with E-state index in [9.17, 15) is 0 Å². The molecule has 6 heteroatoms. The lowest BCUT2D eigenvalue weighted by molar-refractivity contribution is 0.765. The number of aromatic nitrogens is 2. The Kier molecular flexibility index (Phi) is 3.31. The van der Waals surface area contributed by atoms with E-state index in [2.05, 4.69) is 26.3 Å². The van der Waals surface area contributed by atoms with Crippen LogP contribution in [0.1, 0.15) is 5.69 Å². The van der Waals surface area contributed by atoms with Crippen LogP contribution in [0, 0.1) is 6.92 Å². The molecule has 4 nitrogen and oxygen atoms in total. The third-order valence-corrected chi connectivity index (χ3v) is 3.26. The quantitative estimate of drug-likeness (QED) is 0.892. The van der Waals surface area contributed by atoms with E-state index in [1.165, 1.54) is 0 Å². The number of nitrogens with zero attached hydrogens (tertiary/aromatic N) is 2. The van der Waals surface area contributed by atoms with E-state index in [0.717, 1.165) is 21.7 Å². The first-order chi connectivity index (χ1) is 7.99. The molecule has 0 unspecified atom stereocenters. The first-order valence-electron chi connectivity index (χ1n) is 5.00. The summed E-state index contributed by atoms with van der Waals surface area (Å²) in [5, 5.41) is 8.03. The van der Waals surface area contributed by atoms with Gasteiger partial charge in [0.05, 0.1) is 22.1 Å². The second kappa shape index (κ2) is 4.58. The molecule has 0 spiro atoms. The fraction of sp³-hybridized carbons (Fsp3) is 0.182. The molecule has 0 bridgehead atoms. The second-order valence-electron chi connectivity index (χ2n) is 3.72. The van der Waals surface area contributed by atoms with Crippen molar-refractivity contribution in [1.82, 2.24) is 9.78 Å². The van der Waals surface area contributed by atoms with Gasteiger partial charge in [0.2, 0.25) is 0 Å². The third-order valence-electron chi connectivity index (χ3n) is 2.45. The predicted octanol–water partition coefficient (Wildman–Crippen LogP) is 3.47. The minimum Gasteiger partial charge on any atom is -0.394 e. The zero-order valence-electron chi connectivity index (χ0n) is 9.46. The zero-order valence-corrected chi connectivity index (χ0v) is 11.8. The van der Waals surface area contributed by atoms with Crippen molar-refractivity contribution >= 4 is 44.7 Å². The Hall–Kier alpha value is -1.20. The molecule has 0 aliphatic rings. The van der Waals surface area contributed by atoms with Crippen molar-refractivity contribution in [2.75, 3.05) is 11.1 Å². The van der Waals surface area contributed by atoms with Crippen molar-refractivity contribution < 1.29 is 0 Å². The van der Waals surface area contributed by atoms with Crippen molar-refractivity contribution in [3.8, 4) is 0 Å². The maximum atomic E-state index is 6.13. The Morgan fingerprint density at radius 1 is 1.47 bits per heavy atom. The summed E-state index contributed by atoms with van der Waals surface area (Å²) in [6.45, 7) is 1.86. The molecule has 2 aromatic rings. The van der Waals surface area contributed by atoms with Crippen molar-refractivity contribution in [3.05, 3.63) is 33.4 Å². The lowest BCUT2D eigenvalue weighted by Crippen LogP contribution is -2.01. The molecule has 1 heterocycles. The molecule has 1 aromatic carbocycles. The number of nitrogen functional groups attached to an aromatic ring is 1. The maximum Gasteiger partial charge on any atom is 0.152 e. The lowest BCUT2D eigenvalue weighted by Gasteiger charge is -2.09. The molecule has 0 radical (unpaired) electrons. The van der Waals surface area contributed by atoms with Crippen LogP contribution in [0.4, 0.5) is 17.2 Å². The van der Waals surface area contributed by atoms with Gasteiger partial charge in [0.25, 0.3) is 0 Å². The largest absolute Gasteiger partial charge is 0.394 e. The highest BCUT2D eigenvalue weighted by Gasteiger charge is 2.11. The van der Waals surface area contributed by atoms with E-state index in [1.807, 2.05) is 32.2 Å². The molecule has 17 heavy (non-hydrogen) atoms. The third kappa shape index (κ3) is 2.40. The van der Waals surface area contributed by atoms with Crippen molar-refractivity contribution in [3.63, 3.8) is 0 Å². The van der Waals surface area contributed by atoms with Crippen LogP contribution in [0.3, 0.4) is 0 Å².